The monoisotopic (exact) mass is 235 g/mol. The van der Waals surface area contributed by atoms with Crippen LogP contribution in [0.4, 0.5) is 0 Å². The Hall–Kier alpha value is -2.07. The van der Waals surface area contributed by atoms with Crippen molar-refractivity contribution < 1.29 is 0 Å². The minimum atomic E-state index is 0.485. The van der Waals surface area contributed by atoms with Gasteiger partial charge in [-0.2, -0.15) is 5.26 Å². The number of hydrogen-bond donors (Lipinski definition) is 0. The van der Waals surface area contributed by atoms with Crippen LogP contribution >= 0.6 is 0 Å². The van der Waals surface area contributed by atoms with Gasteiger partial charge in [-0.3, -0.25) is 0 Å². The molecule has 2 rings (SSSR count). The van der Waals surface area contributed by atoms with Crippen LogP contribution < -0.4 is 0 Å². The Morgan fingerprint density at radius 2 is 1.56 bits per heavy atom. The first-order chi connectivity index (χ1) is 8.60. The fourth-order valence-electron chi connectivity index (χ4n) is 2.30. The summed E-state index contributed by atoms with van der Waals surface area (Å²) in [5.41, 5.74) is 7.34. The summed E-state index contributed by atoms with van der Waals surface area (Å²) < 4.78 is 0. The van der Waals surface area contributed by atoms with Crippen LogP contribution in [0.2, 0.25) is 0 Å². The van der Waals surface area contributed by atoms with Crippen molar-refractivity contribution in [2.45, 2.75) is 27.2 Å². The van der Waals surface area contributed by atoms with E-state index in [4.69, 9.17) is 5.26 Å². The van der Waals surface area contributed by atoms with Crippen LogP contribution in [0, 0.1) is 32.1 Å². The van der Waals surface area contributed by atoms with Gasteiger partial charge < -0.3 is 0 Å². The lowest BCUT2D eigenvalue weighted by atomic mass is 9.96. The molecule has 0 spiro atoms. The molecule has 0 amide bonds. The summed E-state index contributed by atoms with van der Waals surface area (Å²) in [4.78, 5) is 0. The highest BCUT2D eigenvalue weighted by atomic mass is 14.2. The van der Waals surface area contributed by atoms with Gasteiger partial charge in [-0.1, -0.05) is 47.5 Å². The van der Waals surface area contributed by atoms with Gasteiger partial charge in [-0.15, -0.1) is 0 Å². The molecular weight excluding hydrogens is 218 g/mol. The molecule has 0 saturated heterocycles. The Morgan fingerprint density at radius 3 is 2.11 bits per heavy atom. The Bertz CT molecular complexity index is 598. The molecule has 0 aromatic heterocycles. The van der Waals surface area contributed by atoms with Gasteiger partial charge in [0.15, 0.2) is 0 Å². The lowest BCUT2D eigenvalue weighted by molar-refractivity contribution is 1.21. The Balaban J connectivity index is 2.46. The van der Waals surface area contributed by atoms with Crippen molar-refractivity contribution in [1.29, 1.82) is 5.26 Å². The molecule has 0 heterocycles. The third kappa shape index (κ3) is 2.60. The van der Waals surface area contributed by atoms with Gasteiger partial charge in [0.25, 0.3) is 0 Å². The van der Waals surface area contributed by atoms with E-state index in [1.54, 1.807) is 0 Å². The molecule has 0 N–H and O–H groups in total. The normalized spacial score (nSPS) is 10.1. The number of benzene rings is 2. The first kappa shape index (κ1) is 12.4. The van der Waals surface area contributed by atoms with Crippen molar-refractivity contribution in [3.63, 3.8) is 0 Å². The number of rotatable bonds is 2. The molecule has 2 aromatic rings. The maximum Gasteiger partial charge on any atom is 0.0669 e. The molecule has 0 bridgehead atoms. The second-order valence-corrected chi connectivity index (χ2v) is 4.85. The smallest absolute Gasteiger partial charge is 0.0669 e. The van der Waals surface area contributed by atoms with Gasteiger partial charge in [-0.05, 0) is 43.0 Å². The van der Waals surface area contributed by atoms with Crippen LogP contribution in [0.3, 0.4) is 0 Å². The van der Waals surface area contributed by atoms with Gasteiger partial charge >= 0.3 is 0 Å². The van der Waals surface area contributed by atoms with Crippen LogP contribution in [-0.2, 0) is 6.42 Å². The first-order valence-electron chi connectivity index (χ1n) is 6.15. The molecule has 0 atom stereocenters. The summed E-state index contributed by atoms with van der Waals surface area (Å²) in [6.07, 6.45) is 0.485. The fourth-order valence-corrected chi connectivity index (χ4v) is 2.30. The highest BCUT2D eigenvalue weighted by molar-refractivity contribution is 5.66. The van der Waals surface area contributed by atoms with Crippen LogP contribution in [0.5, 0.6) is 0 Å². The fraction of sp³-hybridized carbons (Fsp3) is 0.235. The second-order valence-electron chi connectivity index (χ2n) is 4.85. The Labute approximate surface area is 109 Å². The lowest BCUT2D eigenvalue weighted by Gasteiger charge is -2.08. The second kappa shape index (κ2) is 5.06. The predicted molar refractivity (Wildman–Crippen MR) is 75.4 cm³/mol. The molecule has 0 unspecified atom stereocenters. The minimum absolute atomic E-state index is 0.485. The molecule has 2 aromatic carbocycles. The van der Waals surface area contributed by atoms with Crippen LogP contribution in [0.1, 0.15) is 22.3 Å². The summed E-state index contributed by atoms with van der Waals surface area (Å²) in [5, 5.41) is 8.75. The van der Waals surface area contributed by atoms with E-state index in [9.17, 15) is 0 Å². The van der Waals surface area contributed by atoms with E-state index in [0.29, 0.717) is 6.42 Å². The highest BCUT2D eigenvalue weighted by Crippen LogP contribution is 2.24. The lowest BCUT2D eigenvalue weighted by Crippen LogP contribution is -1.89. The van der Waals surface area contributed by atoms with Gasteiger partial charge in [0.2, 0.25) is 0 Å². The van der Waals surface area contributed by atoms with E-state index in [2.05, 4.69) is 63.2 Å². The average Bonchev–Trinajstić information content (AvgIpc) is 2.30. The first-order valence-corrected chi connectivity index (χ1v) is 6.15. The molecule has 0 saturated carbocycles. The molecule has 0 aliphatic rings. The zero-order valence-corrected chi connectivity index (χ0v) is 11.1. The summed E-state index contributed by atoms with van der Waals surface area (Å²) >= 11 is 0. The van der Waals surface area contributed by atoms with E-state index < -0.39 is 0 Å². The predicted octanol–water partition coefficient (Wildman–Crippen LogP) is 4.34. The summed E-state index contributed by atoms with van der Waals surface area (Å²) in [6.45, 7) is 6.31. The van der Waals surface area contributed by atoms with Crippen molar-refractivity contribution in [2.24, 2.45) is 0 Å². The molecule has 0 aliphatic carbocycles. The van der Waals surface area contributed by atoms with E-state index in [1.165, 1.54) is 27.8 Å². The minimum Gasteiger partial charge on any atom is -0.198 e. The molecule has 1 nitrogen and oxygen atoms in total. The molecule has 0 aliphatic heterocycles. The standard InChI is InChI=1S/C17H17N/c1-12-8-13(2)10-17(9-12)16-5-4-15(6-7-18)14(3)11-16/h4-5,8-11H,6H2,1-3H3. The van der Waals surface area contributed by atoms with E-state index in [1.807, 2.05) is 0 Å². The van der Waals surface area contributed by atoms with E-state index in [0.717, 1.165) is 5.56 Å². The maximum atomic E-state index is 8.75. The van der Waals surface area contributed by atoms with Gasteiger partial charge in [-0.25, -0.2) is 0 Å². The molecule has 18 heavy (non-hydrogen) atoms. The molecule has 90 valence electrons. The van der Waals surface area contributed by atoms with Gasteiger partial charge in [0.05, 0.1) is 12.5 Å². The number of hydrogen-bond acceptors (Lipinski definition) is 1. The topological polar surface area (TPSA) is 23.8 Å². The largest absolute Gasteiger partial charge is 0.198 e. The van der Waals surface area contributed by atoms with Gasteiger partial charge in [0, 0.05) is 0 Å². The summed E-state index contributed by atoms with van der Waals surface area (Å²) in [6, 6.07) is 15.1. The SMILES string of the molecule is Cc1cc(C)cc(-c2ccc(CC#N)c(C)c2)c1. The zero-order valence-electron chi connectivity index (χ0n) is 11.1. The Morgan fingerprint density at radius 1 is 0.889 bits per heavy atom. The third-order valence-electron chi connectivity index (χ3n) is 3.17. The van der Waals surface area contributed by atoms with Crippen molar-refractivity contribution in [3.8, 4) is 17.2 Å². The molecular formula is C17H17N. The highest BCUT2D eigenvalue weighted by Gasteiger charge is 2.03. The van der Waals surface area contributed by atoms with Crippen molar-refractivity contribution in [1.82, 2.24) is 0 Å². The van der Waals surface area contributed by atoms with E-state index >= 15 is 0 Å². The zero-order chi connectivity index (χ0) is 13.1. The number of nitriles is 1. The number of nitrogens with zero attached hydrogens (tertiary/aromatic N) is 1. The molecule has 1 heteroatoms. The molecule has 0 fully saturated rings. The van der Waals surface area contributed by atoms with Crippen molar-refractivity contribution in [3.05, 3.63) is 58.7 Å². The average molecular weight is 235 g/mol. The summed E-state index contributed by atoms with van der Waals surface area (Å²) in [7, 11) is 0. The maximum absolute atomic E-state index is 8.75. The van der Waals surface area contributed by atoms with Crippen molar-refractivity contribution in [2.75, 3.05) is 0 Å². The third-order valence-corrected chi connectivity index (χ3v) is 3.17. The van der Waals surface area contributed by atoms with Gasteiger partial charge in [0.1, 0.15) is 0 Å². The Kier molecular flexibility index (Phi) is 3.48. The molecule has 0 radical (unpaired) electrons. The van der Waals surface area contributed by atoms with Crippen LogP contribution in [0.25, 0.3) is 11.1 Å². The van der Waals surface area contributed by atoms with Crippen LogP contribution in [0.15, 0.2) is 36.4 Å². The van der Waals surface area contributed by atoms with E-state index in [-0.39, 0.29) is 0 Å². The quantitative estimate of drug-likeness (QED) is 0.759. The van der Waals surface area contributed by atoms with Crippen molar-refractivity contribution >= 4 is 0 Å². The van der Waals surface area contributed by atoms with Crippen LogP contribution in [-0.4, -0.2) is 0 Å². The number of aryl methyl sites for hydroxylation is 3. The summed E-state index contributed by atoms with van der Waals surface area (Å²) in [5.74, 6) is 0.